The highest BCUT2D eigenvalue weighted by atomic mass is 32.3. The molecular weight excluding hydrogens is 279 g/mol. The Hall–Kier alpha value is -1.09. The van der Waals surface area contributed by atoms with Gasteiger partial charge in [0.15, 0.2) is 0 Å². The molecule has 1 aromatic rings. The largest absolute Gasteiger partial charge is 0.519 e. The zero-order valence-electron chi connectivity index (χ0n) is 8.51. The highest BCUT2D eigenvalue weighted by Gasteiger charge is 2.47. The second-order valence-electron chi connectivity index (χ2n) is 3.11. The lowest BCUT2D eigenvalue weighted by molar-refractivity contribution is -0.0434. The Labute approximate surface area is 96.7 Å². The first-order valence-corrected chi connectivity index (χ1v) is 7.52. The maximum atomic E-state index is 12.1. The van der Waals surface area contributed by atoms with Crippen molar-refractivity contribution in [3.05, 3.63) is 30.3 Å². The summed E-state index contributed by atoms with van der Waals surface area (Å²) in [5, 5.41) is 0. The van der Waals surface area contributed by atoms with Crippen LogP contribution in [0.25, 0.3) is 0 Å². The van der Waals surface area contributed by atoms with E-state index in [0.717, 1.165) is 6.26 Å². The molecule has 1 rings (SSSR count). The van der Waals surface area contributed by atoms with Gasteiger partial charge < -0.3 is 0 Å². The summed E-state index contributed by atoms with van der Waals surface area (Å²) in [6, 6.07) is 6.90. The lowest BCUT2D eigenvalue weighted by Gasteiger charge is -2.06. The second-order valence-corrected chi connectivity index (χ2v) is 7.20. The van der Waals surface area contributed by atoms with Crippen molar-refractivity contribution in [3.8, 4) is 0 Å². The van der Waals surface area contributed by atoms with Crippen LogP contribution in [0.5, 0.6) is 0 Å². The fourth-order valence-corrected chi connectivity index (χ4v) is 3.79. The molecule has 96 valence electrons. The number of sulfonamides is 1. The molecule has 0 saturated carbocycles. The van der Waals surface area contributed by atoms with Gasteiger partial charge in [-0.2, -0.15) is 21.6 Å². The van der Waals surface area contributed by atoms with Gasteiger partial charge in [-0.3, -0.25) is 0 Å². The molecule has 0 radical (unpaired) electrons. The minimum Gasteiger partial charge on any atom is -0.244 e. The van der Waals surface area contributed by atoms with E-state index in [4.69, 9.17) is 0 Å². The summed E-state index contributed by atoms with van der Waals surface area (Å²) < 4.78 is 72.0. The average Bonchev–Trinajstić information content (AvgIpc) is 2.15. The molecule has 1 aromatic carbocycles. The minimum atomic E-state index is -5.75. The van der Waals surface area contributed by atoms with E-state index in [9.17, 15) is 25.8 Å². The molecule has 0 saturated heterocycles. The van der Waals surface area contributed by atoms with E-state index in [0.29, 0.717) is 0 Å². The lowest BCUT2D eigenvalue weighted by Crippen LogP contribution is -2.22. The van der Waals surface area contributed by atoms with Crippen LogP contribution in [0.3, 0.4) is 0 Å². The van der Waals surface area contributed by atoms with E-state index in [1.807, 2.05) is 0 Å². The summed E-state index contributed by atoms with van der Waals surface area (Å²) in [4.78, 5) is -0.0761. The van der Waals surface area contributed by atoms with Gasteiger partial charge in [-0.25, -0.2) is 4.21 Å². The lowest BCUT2D eigenvalue weighted by atomic mass is 10.4. The van der Waals surface area contributed by atoms with E-state index in [1.54, 1.807) is 6.07 Å². The Bertz CT molecular complexity index is 613. The molecule has 9 heteroatoms. The number of hydrogen-bond donors (Lipinski definition) is 0. The molecule has 0 bridgehead atoms. The SMILES string of the molecule is CS(=O)(=NS(=O)(=O)C(F)(F)F)c1ccccc1. The Morgan fingerprint density at radius 3 is 1.94 bits per heavy atom. The third kappa shape index (κ3) is 3.19. The molecule has 0 N–H and O–H groups in total. The van der Waals surface area contributed by atoms with Crippen LogP contribution in [0.4, 0.5) is 13.2 Å². The van der Waals surface area contributed by atoms with Crippen molar-refractivity contribution < 1.29 is 25.8 Å². The average molecular weight is 287 g/mol. The highest BCUT2D eigenvalue weighted by molar-refractivity contribution is 8.03. The van der Waals surface area contributed by atoms with Gasteiger partial charge in [-0.15, -0.1) is 0 Å². The first-order valence-electron chi connectivity index (χ1n) is 4.16. The number of hydrogen-bond acceptors (Lipinski definition) is 3. The number of rotatable bonds is 2. The van der Waals surface area contributed by atoms with Crippen molar-refractivity contribution >= 4 is 19.8 Å². The second kappa shape index (κ2) is 4.30. The molecule has 0 fully saturated rings. The number of alkyl halides is 3. The first kappa shape index (κ1) is 14.0. The molecule has 1 atom stereocenters. The molecule has 0 aromatic heterocycles. The number of halogens is 3. The third-order valence-corrected chi connectivity index (χ3v) is 5.37. The molecular formula is C8H8F3NO3S2. The van der Waals surface area contributed by atoms with Crippen LogP contribution in [0.15, 0.2) is 39.0 Å². The first-order chi connectivity index (χ1) is 7.56. The van der Waals surface area contributed by atoms with Crippen LogP contribution < -0.4 is 0 Å². The molecule has 4 nitrogen and oxygen atoms in total. The fraction of sp³-hybridized carbons (Fsp3) is 0.250. The van der Waals surface area contributed by atoms with Crippen LogP contribution in [0.2, 0.25) is 0 Å². The molecule has 0 heterocycles. The summed E-state index contributed by atoms with van der Waals surface area (Å²) in [6.07, 6.45) is 0.839. The zero-order chi connectivity index (χ0) is 13.3. The van der Waals surface area contributed by atoms with Crippen LogP contribution in [0.1, 0.15) is 0 Å². The van der Waals surface area contributed by atoms with Crippen molar-refractivity contribution in [1.29, 1.82) is 0 Å². The maximum absolute atomic E-state index is 12.1. The Morgan fingerprint density at radius 1 is 1.06 bits per heavy atom. The minimum absolute atomic E-state index is 0.0761. The predicted octanol–water partition coefficient (Wildman–Crippen LogP) is 1.99. The normalized spacial score (nSPS) is 16.2. The number of benzene rings is 1. The maximum Gasteiger partial charge on any atom is 0.519 e. The Kier molecular flexibility index (Phi) is 3.53. The zero-order valence-corrected chi connectivity index (χ0v) is 10.1. The Morgan fingerprint density at radius 2 is 1.53 bits per heavy atom. The quantitative estimate of drug-likeness (QED) is 0.835. The van der Waals surface area contributed by atoms with E-state index < -0.39 is 25.3 Å². The van der Waals surface area contributed by atoms with Crippen LogP contribution >= 0.6 is 0 Å². The van der Waals surface area contributed by atoms with Crippen molar-refractivity contribution in [1.82, 2.24) is 0 Å². The summed E-state index contributed by atoms with van der Waals surface area (Å²) >= 11 is 0. The van der Waals surface area contributed by atoms with Crippen LogP contribution in [-0.2, 0) is 19.8 Å². The highest BCUT2D eigenvalue weighted by Crippen LogP contribution is 2.27. The van der Waals surface area contributed by atoms with Crippen LogP contribution in [0, 0.1) is 0 Å². The van der Waals surface area contributed by atoms with Gasteiger partial charge in [0.2, 0.25) is 0 Å². The van der Waals surface area contributed by atoms with Crippen molar-refractivity contribution in [2.75, 3.05) is 6.26 Å². The van der Waals surface area contributed by atoms with Crippen molar-refractivity contribution in [2.45, 2.75) is 10.4 Å². The molecule has 0 aliphatic rings. The third-order valence-electron chi connectivity index (χ3n) is 1.71. The summed E-state index contributed by atoms with van der Waals surface area (Å²) in [6.45, 7) is 0. The Balaban J connectivity index is 3.40. The van der Waals surface area contributed by atoms with Gasteiger partial charge in [0, 0.05) is 11.2 Å². The fourth-order valence-electron chi connectivity index (χ4n) is 0.946. The molecule has 1 unspecified atom stereocenters. The van der Waals surface area contributed by atoms with Crippen molar-refractivity contribution in [3.63, 3.8) is 0 Å². The summed E-state index contributed by atoms with van der Waals surface area (Å²) in [5.41, 5.74) is -5.54. The van der Waals surface area contributed by atoms with E-state index in [-0.39, 0.29) is 4.90 Å². The monoisotopic (exact) mass is 287 g/mol. The van der Waals surface area contributed by atoms with E-state index in [1.165, 1.54) is 24.3 Å². The van der Waals surface area contributed by atoms with E-state index in [2.05, 4.69) is 3.77 Å². The molecule has 0 amide bonds. The van der Waals surface area contributed by atoms with Gasteiger partial charge in [-0.05, 0) is 12.1 Å². The molecule has 0 aliphatic carbocycles. The standard InChI is InChI=1S/C8H8F3NO3S2/c1-16(13,7-5-3-2-4-6-7)12-17(14,15)8(9,10)11/h2-6H,1H3. The predicted molar refractivity (Wildman–Crippen MR) is 56.2 cm³/mol. The van der Waals surface area contributed by atoms with Gasteiger partial charge in [0.05, 0.1) is 9.73 Å². The summed E-state index contributed by atoms with van der Waals surface area (Å²) in [5.74, 6) is 0. The molecule has 17 heavy (non-hydrogen) atoms. The van der Waals surface area contributed by atoms with Gasteiger partial charge in [0.25, 0.3) is 0 Å². The van der Waals surface area contributed by atoms with Gasteiger partial charge in [-0.1, -0.05) is 22.0 Å². The number of nitrogens with zero attached hydrogens (tertiary/aromatic N) is 1. The molecule has 0 spiro atoms. The summed E-state index contributed by atoms with van der Waals surface area (Å²) in [7, 11) is -9.39. The molecule has 0 aliphatic heterocycles. The van der Waals surface area contributed by atoms with Gasteiger partial charge in [0.1, 0.15) is 0 Å². The van der Waals surface area contributed by atoms with Crippen LogP contribution in [-0.4, -0.2) is 24.4 Å². The topological polar surface area (TPSA) is 63.6 Å². The smallest absolute Gasteiger partial charge is 0.244 e. The van der Waals surface area contributed by atoms with Crippen molar-refractivity contribution in [2.24, 2.45) is 3.77 Å². The van der Waals surface area contributed by atoms with Gasteiger partial charge >= 0.3 is 15.5 Å². The van der Waals surface area contributed by atoms with E-state index >= 15 is 0 Å².